The lowest BCUT2D eigenvalue weighted by Gasteiger charge is -2.43. The van der Waals surface area contributed by atoms with Crippen molar-refractivity contribution in [3.8, 4) is 0 Å². The number of halogens is 2. The molecule has 0 radical (unpaired) electrons. The van der Waals surface area contributed by atoms with E-state index >= 15 is 0 Å². The Kier molecular flexibility index (Phi) is 5.44. The van der Waals surface area contributed by atoms with Gasteiger partial charge in [-0.2, -0.15) is 8.78 Å². The van der Waals surface area contributed by atoms with E-state index < -0.39 is 20.5 Å². The number of nitrogens with zero attached hydrogens (tertiary/aromatic N) is 2. The van der Waals surface area contributed by atoms with Gasteiger partial charge in [-0.3, -0.25) is 4.90 Å². The van der Waals surface area contributed by atoms with Crippen LogP contribution in [0, 0.1) is 0 Å². The molecule has 1 aliphatic rings. The molecule has 9 heteroatoms. The van der Waals surface area contributed by atoms with Crippen molar-refractivity contribution >= 4 is 21.6 Å². The Balaban J connectivity index is 2.16. The summed E-state index contributed by atoms with van der Waals surface area (Å²) in [6.45, 7) is 5.19. The molecule has 1 N–H and O–H groups in total. The zero-order valence-electron chi connectivity index (χ0n) is 13.7. The van der Waals surface area contributed by atoms with Crippen LogP contribution in [0.5, 0.6) is 0 Å². The smallest absolute Gasteiger partial charge is 0.319 e. The average molecular weight is 361 g/mol. The molecule has 24 heavy (non-hydrogen) atoms. The van der Waals surface area contributed by atoms with Crippen LogP contribution in [0.4, 0.5) is 19.3 Å². The maximum absolute atomic E-state index is 12.6. The summed E-state index contributed by atoms with van der Waals surface area (Å²) in [5, 5.41) is 2.59. The van der Waals surface area contributed by atoms with Crippen LogP contribution in [-0.4, -0.2) is 62.2 Å². The van der Waals surface area contributed by atoms with Gasteiger partial charge in [-0.1, -0.05) is 6.07 Å². The largest absolute Gasteiger partial charge is 0.341 e. The van der Waals surface area contributed by atoms with E-state index in [9.17, 15) is 22.0 Å². The van der Waals surface area contributed by atoms with Gasteiger partial charge in [0.1, 0.15) is 0 Å². The zero-order valence-corrected chi connectivity index (χ0v) is 14.6. The minimum atomic E-state index is -4.69. The van der Waals surface area contributed by atoms with E-state index in [1.165, 1.54) is 12.1 Å². The topological polar surface area (TPSA) is 69.7 Å². The molecule has 2 amide bonds. The molecular formula is C15H21F2N3O3S. The number of urea groups is 1. The molecule has 0 saturated carbocycles. The Morgan fingerprint density at radius 1 is 1.25 bits per heavy atom. The molecule has 2 atom stereocenters. The van der Waals surface area contributed by atoms with E-state index in [1.54, 1.807) is 4.90 Å². The summed E-state index contributed by atoms with van der Waals surface area (Å²) in [4.78, 5) is 15.7. The third-order valence-corrected chi connectivity index (χ3v) is 5.87. The standard InChI is InChI=1S/C15H21F2N3O3S/c1-10-11(2)20(8-7-19(10)3)15(21)18-12-5-4-6-13(9-12)24(22,23)14(16)17/h4-6,9-11,14H,7-8H2,1-3H3,(H,18,21)/t10-,11+/m0/s1. The molecule has 1 aliphatic heterocycles. The lowest BCUT2D eigenvalue weighted by Crippen LogP contribution is -2.58. The van der Waals surface area contributed by atoms with Crippen LogP contribution in [0.3, 0.4) is 0 Å². The molecule has 6 nitrogen and oxygen atoms in total. The van der Waals surface area contributed by atoms with E-state index in [0.717, 1.165) is 18.7 Å². The number of benzene rings is 1. The molecule has 1 heterocycles. The number of likely N-dealkylation sites (N-methyl/N-ethyl adjacent to an activating group) is 1. The highest BCUT2D eigenvalue weighted by molar-refractivity contribution is 7.91. The van der Waals surface area contributed by atoms with Gasteiger partial charge in [0.25, 0.3) is 0 Å². The highest BCUT2D eigenvalue weighted by atomic mass is 32.2. The van der Waals surface area contributed by atoms with Crippen LogP contribution < -0.4 is 5.32 Å². The number of anilines is 1. The van der Waals surface area contributed by atoms with Gasteiger partial charge in [-0.25, -0.2) is 13.2 Å². The number of amides is 2. The number of carbonyl (C=O) groups excluding carboxylic acids is 1. The molecule has 0 aromatic heterocycles. The SMILES string of the molecule is C[C@@H]1[C@H](C)N(C)CCN1C(=O)Nc1cccc(S(=O)(=O)C(F)F)c1. The van der Waals surface area contributed by atoms with E-state index in [-0.39, 0.29) is 23.8 Å². The van der Waals surface area contributed by atoms with E-state index in [1.807, 2.05) is 20.9 Å². The van der Waals surface area contributed by atoms with Crippen LogP contribution in [0.15, 0.2) is 29.2 Å². The van der Waals surface area contributed by atoms with Crippen molar-refractivity contribution in [2.24, 2.45) is 0 Å². The number of piperazine rings is 1. The van der Waals surface area contributed by atoms with Gasteiger partial charge >= 0.3 is 11.8 Å². The number of carbonyl (C=O) groups is 1. The second-order valence-electron chi connectivity index (χ2n) is 5.92. The number of hydrogen-bond donors (Lipinski definition) is 1. The molecule has 0 spiro atoms. The van der Waals surface area contributed by atoms with Crippen molar-refractivity contribution < 1.29 is 22.0 Å². The van der Waals surface area contributed by atoms with E-state index in [0.29, 0.717) is 6.54 Å². The Bertz CT molecular complexity index is 712. The van der Waals surface area contributed by atoms with Gasteiger partial charge in [0.2, 0.25) is 9.84 Å². The molecule has 2 rings (SSSR count). The van der Waals surface area contributed by atoms with Crippen molar-refractivity contribution in [1.29, 1.82) is 0 Å². The Morgan fingerprint density at radius 2 is 1.92 bits per heavy atom. The number of rotatable bonds is 3. The third-order valence-electron chi connectivity index (χ3n) is 4.49. The van der Waals surface area contributed by atoms with Crippen LogP contribution in [0.25, 0.3) is 0 Å². The Hall–Kier alpha value is -1.74. The summed E-state index contributed by atoms with van der Waals surface area (Å²) in [6.07, 6.45) is 0. The molecule has 1 saturated heterocycles. The van der Waals surface area contributed by atoms with Gasteiger partial charge in [0, 0.05) is 30.9 Å². The summed E-state index contributed by atoms with van der Waals surface area (Å²) in [5.41, 5.74) is 0.167. The average Bonchev–Trinajstić information content (AvgIpc) is 2.52. The summed E-state index contributed by atoms with van der Waals surface area (Å²) < 4.78 is 48.3. The monoisotopic (exact) mass is 361 g/mol. The van der Waals surface area contributed by atoms with Crippen LogP contribution in [-0.2, 0) is 9.84 Å². The maximum Gasteiger partial charge on any atom is 0.341 e. The van der Waals surface area contributed by atoms with Crippen LogP contribution in [0.2, 0.25) is 0 Å². The third kappa shape index (κ3) is 3.67. The Labute approximate surface area is 140 Å². The van der Waals surface area contributed by atoms with E-state index in [4.69, 9.17) is 0 Å². The number of hydrogen-bond acceptors (Lipinski definition) is 4. The first-order chi connectivity index (χ1) is 11.1. The first kappa shape index (κ1) is 18.6. The zero-order chi connectivity index (χ0) is 18.1. The van der Waals surface area contributed by atoms with Gasteiger partial charge in [-0.15, -0.1) is 0 Å². The first-order valence-electron chi connectivity index (χ1n) is 7.54. The second kappa shape index (κ2) is 7.02. The fourth-order valence-electron chi connectivity index (χ4n) is 2.64. The number of alkyl halides is 2. The van der Waals surface area contributed by atoms with Crippen molar-refractivity contribution in [3.63, 3.8) is 0 Å². The molecule has 1 aromatic rings. The number of sulfone groups is 1. The second-order valence-corrected chi connectivity index (χ2v) is 7.84. The van der Waals surface area contributed by atoms with Gasteiger partial charge in [0.05, 0.1) is 4.90 Å². The minimum absolute atomic E-state index is 0.0308. The molecule has 1 aromatic carbocycles. The summed E-state index contributed by atoms with van der Waals surface area (Å²) >= 11 is 0. The lowest BCUT2D eigenvalue weighted by atomic mass is 10.1. The Morgan fingerprint density at radius 3 is 2.54 bits per heavy atom. The summed E-state index contributed by atoms with van der Waals surface area (Å²) in [6, 6.07) is 4.68. The maximum atomic E-state index is 12.6. The van der Waals surface area contributed by atoms with Crippen molar-refractivity contribution in [1.82, 2.24) is 9.80 Å². The molecule has 0 unspecified atom stereocenters. The van der Waals surface area contributed by atoms with Gasteiger partial charge in [-0.05, 0) is 39.1 Å². The minimum Gasteiger partial charge on any atom is -0.319 e. The van der Waals surface area contributed by atoms with E-state index in [2.05, 4.69) is 10.2 Å². The first-order valence-corrected chi connectivity index (χ1v) is 9.09. The fourth-order valence-corrected chi connectivity index (χ4v) is 3.40. The highest BCUT2D eigenvalue weighted by Crippen LogP contribution is 2.22. The van der Waals surface area contributed by atoms with Crippen molar-refractivity contribution in [2.75, 3.05) is 25.5 Å². The predicted octanol–water partition coefficient (Wildman–Crippen LogP) is 2.24. The van der Waals surface area contributed by atoms with Crippen molar-refractivity contribution in [2.45, 2.75) is 36.6 Å². The molecule has 1 fully saturated rings. The van der Waals surface area contributed by atoms with Gasteiger partial charge < -0.3 is 10.2 Å². The molecule has 0 bridgehead atoms. The molecule has 0 aliphatic carbocycles. The van der Waals surface area contributed by atoms with Crippen LogP contribution in [0.1, 0.15) is 13.8 Å². The summed E-state index contributed by atoms with van der Waals surface area (Å²) in [7, 11) is -2.71. The number of nitrogens with one attached hydrogen (secondary N) is 1. The normalized spacial score (nSPS) is 22.7. The predicted molar refractivity (Wildman–Crippen MR) is 86.9 cm³/mol. The molecule has 134 valence electrons. The van der Waals surface area contributed by atoms with Crippen molar-refractivity contribution in [3.05, 3.63) is 24.3 Å². The molecular weight excluding hydrogens is 340 g/mol. The lowest BCUT2D eigenvalue weighted by molar-refractivity contribution is 0.0796. The summed E-state index contributed by atoms with van der Waals surface area (Å²) in [5.74, 6) is -3.50. The fraction of sp³-hybridized carbons (Fsp3) is 0.533. The quantitative estimate of drug-likeness (QED) is 0.896. The van der Waals surface area contributed by atoms with Gasteiger partial charge in [0.15, 0.2) is 0 Å². The van der Waals surface area contributed by atoms with Crippen LogP contribution >= 0.6 is 0 Å². The highest BCUT2D eigenvalue weighted by Gasteiger charge is 2.32.